The molecule has 0 aromatic heterocycles. The first-order valence-electron chi connectivity index (χ1n) is 6.91. The summed E-state index contributed by atoms with van der Waals surface area (Å²) in [6.07, 6.45) is 0. The highest BCUT2D eigenvalue weighted by molar-refractivity contribution is 9.10. The van der Waals surface area contributed by atoms with Gasteiger partial charge in [0.05, 0.1) is 11.0 Å². The van der Waals surface area contributed by atoms with Crippen molar-refractivity contribution in [1.82, 2.24) is 4.90 Å². The molecular formula is C16H12BrF3N2O. The molecule has 0 unspecified atom stereocenters. The third-order valence-electron chi connectivity index (χ3n) is 3.68. The SMILES string of the molecule is O=C1N(Cc2cc(F)ccc2F)CCN1c1ccc(Br)c(F)c1. The molecule has 7 heteroatoms. The molecule has 1 aliphatic rings. The van der Waals surface area contributed by atoms with Gasteiger partial charge in [0, 0.05) is 24.3 Å². The van der Waals surface area contributed by atoms with Gasteiger partial charge in [0.15, 0.2) is 0 Å². The van der Waals surface area contributed by atoms with Gasteiger partial charge in [-0.15, -0.1) is 0 Å². The average Bonchev–Trinajstić information content (AvgIpc) is 2.87. The number of hydrogen-bond acceptors (Lipinski definition) is 1. The number of urea groups is 1. The lowest BCUT2D eigenvalue weighted by molar-refractivity contribution is 0.218. The highest BCUT2D eigenvalue weighted by Crippen LogP contribution is 2.26. The molecule has 2 aromatic carbocycles. The van der Waals surface area contributed by atoms with Gasteiger partial charge in [0.25, 0.3) is 0 Å². The van der Waals surface area contributed by atoms with E-state index < -0.39 is 17.5 Å². The molecule has 1 heterocycles. The Bertz CT molecular complexity index is 769. The third kappa shape index (κ3) is 3.19. The largest absolute Gasteiger partial charge is 0.324 e. The Balaban J connectivity index is 1.78. The van der Waals surface area contributed by atoms with Gasteiger partial charge < -0.3 is 4.90 Å². The number of carbonyl (C=O) groups excluding carboxylic acids is 1. The van der Waals surface area contributed by atoms with Crippen LogP contribution in [0.5, 0.6) is 0 Å². The molecule has 1 aliphatic heterocycles. The van der Waals surface area contributed by atoms with Crippen molar-refractivity contribution in [1.29, 1.82) is 0 Å². The molecule has 0 spiro atoms. The van der Waals surface area contributed by atoms with Crippen molar-refractivity contribution < 1.29 is 18.0 Å². The van der Waals surface area contributed by atoms with Gasteiger partial charge in [-0.3, -0.25) is 4.90 Å². The summed E-state index contributed by atoms with van der Waals surface area (Å²) in [7, 11) is 0. The number of hydrogen-bond donors (Lipinski definition) is 0. The van der Waals surface area contributed by atoms with Crippen molar-refractivity contribution in [3.63, 3.8) is 0 Å². The number of amides is 2. The Kier molecular flexibility index (Phi) is 4.30. The molecular weight excluding hydrogens is 373 g/mol. The smallest absolute Gasteiger partial charge is 0.318 e. The van der Waals surface area contributed by atoms with E-state index in [2.05, 4.69) is 15.9 Å². The fourth-order valence-electron chi connectivity index (χ4n) is 2.49. The van der Waals surface area contributed by atoms with Crippen LogP contribution < -0.4 is 4.90 Å². The molecule has 2 amide bonds. The highest BCUT2D eigenvalue weighted by Gasteiger charge is 2.30. The summed E-state index contributed by atoms with van der Waals surface area (Å²) in [6, 6.07) is 7.17. The second kappa shape index (κ2) is 6.23. The van der Waals surface area contributed by atoms with E-state index in [1.165, 1.54) is 21.9 Å². The topological polar surface area (TPSA) is 23.6 Å². The average molecular weight is 385 g/mol. The van der Waals surface area contributed by atoms with Crippen LogP contribution >= 0.6 is 15.9 Å². The summed E-state index contributed by atoms with van der Waals surface area (Å²) in [4.78, 5) is 15.2. The Morgan fingerprint density at radius 1 is 1.00 bits per heavy atom. The molecule has 23 heavy (non-hydrogen) atoms. The highest BCUT2D eigenvalue weighted by atomic mass is 79.9. The maximum atomic E-state index is 13.7. The molecule has 1 fully saturated rings. The maximum absolute atomic E-state index is 13.7. The van der Waals surface area contributed by atoms with Crippen molar-refractivity contribution in [2.24, 2.45) is 0 Å². The number of halogens is 4. The van der Waals surface area contributed by atoms with E-state index in [0.29, 0.717) is 23.2 Å². The Morgan fingerprint density at radius 3 is 2.52 bits per heavy atom. The molecule has 120 valence electrons. The van der Waals surface area contributed by atoms with Gasteiger partial charge in [-0.1, -0.05) is 0 Å². The molecule has 0 atom stereocenters. The van der Waals surface area contributed by atoms with Gasteiger partial charge in [-0.2, -0.15) is 0 Å². The minimum atomic E-state index is -0.563. The van der Waals surface area contributed by atoms with Crippen LogP contribution in [0.25, 0.3) is 0 Å². The van der Waals surface area contributed by atoms with Crippen LogP contribution in [0.3, 0.4) is 0 Å². The third-order valence-corrected chi connectivity index (χ3v) is 4.32. The van der Waals surface area contributed by atoms with E-state index in [4.69, 9.17) is 0 Å². The fourth-order valence-corrected chi connectivity index (χ4v) is 2.74. The van der Waals surface area contributed by atoms with Gasteiger partial charge in [-0.05, 0) is 52.3 Å². The number of carbonyl (C=O) groups is 1. The summed E-state index contributed by atoms with van der Waals surface area (Å²) in [5.41, 5.74) is 0.542. The molecule has 3 rings (SSSR count). The zero-order chi connectivity index (χ0) is 16.6. The first-order chi connectivity index (χ1) is 11.0. The van der Waals surface area contributed by atoms with E-state index >= 15 is 0 Å². The summed E-state index contributed by atoms with van der Waals surface area (Å²) < 4.78 is 40.8. The van der Waals surface area contributed by atoms with Gasteiger partial charge in [0.2, 0.25) is 0 Å². The fraction of sp³-hybridized carbons (Fsp3) is 0.188. The first kappa shape index (κ1) is 15.9. The monoisotopic (exact) mass is 384 g/mol. The second-order valence-corrected chi connectivity index (χ2v) is 6.04. The molecule has 1 saturated heterocycles. The molecule has 2 aromatic rings. The number of nitrogens with zero attached hydrogens (tertiary/aromatic N) is 2. The maximum Gasteiger partial charge on any atom is 0.324 e. The van der Waals surface area contributed by atoms with E-state index in [1.807, 2.05) is 0 Å². The van der Waals surface area contributed by atoms with E-state index in [1.54, 1.807) is 6.07 Å². The molecule has 0 aliphatic carbocycles. The quantitative estimate of drug-likeness (QED) is 0.773. The Labute approximate surface area is 139 Å². The summed E-state index contributed by atoms with van der Waals surface area (Å²) in [5, 5.41) is 0. The normalized spacial score (nSPS) is 14.7. The van der Waals surface area contributed by atoms with Gasteiger partial charge >= 0.3 is 6.03 Å². The minimum absolute atomic E-state index is 0.0298. The molecule has 0 N–H and O–H groups in total. The molecule has 3 nitrogen and oxygen atoms in total. The Morgan fingerprint density at radius 2 is 1.78 bits per heavy atom. The van der Waals surface area contributed by atoms with Crippen LogP contribution in [0.15, 0.2) is 40.9 Å². The van der Waals surface area contributed by atoms with Crippen molar-refractivity contribution in [3.05, 3.63) is 63.9 Å². The Hall–Kier alpha value is -2.02. The van der Waals surface area contributed by atoms with Crippen LogP contribution in [-0.2, 0) is 6.54 Å². The van der Waals surface area contributed by atoms with Crippen molar-refractivity contribution in [3.8, 4) is 0 Å². The lowest BCUT2D eigenvalue weighted by atomic mass is 10.2. The first-order valence-corrected chi connectivity index (χ1v) is 7.70. The lowest BCUT2D eigenvalue weighted by Crippen LogP contribution is -2.31. The van der Waals surface area contributed by atoms with Crippen LogP contribution in [-0.4, -0.2) is 24.0 Å². The van der Waals surface area contributed by atoms with Crippen LogP contribution in [0.4, 0.5) is 23.7 Å². The van der Waals surface area contributed by atoms with Crippen LogP contribution in [0.2, 0.25) is 0 Å². The second-order valence-electron chi connectivity index (χ2n) is 5.19. The van der Waals surface area contributed by atoms with Crippen molar-refractivity contribution in [2.75, 3.05) is 18.0 Å². The summed E-state index contributed by atoms with van der Waals surface area (Å²) >= 11 is 3.06. The van der Waals surface area contributed by atoms with Crippen LogP contribution in [0.1, 0.15) is 5.56 Å². The number of anilines is 1. The molecule has 0 radical (unpaired) electrons. The van der Waals surface area contributed by atoms with Gasteiger partial charge in [-0.25, -0.2) is 18.0 Å². The summed E-state index contributed by atoms with van der Waals surface area (Å²) in [5.74, 6) is -1.59. The van der Waals surface area contributed by atoms with Crippen molar-refractivity contribution >= 4 is 27.6 Å². The van der Waals surface area contributed by atoms with Gasteiger partial charge in [0.1, 0.15) is 17.5 Å². The lowest BCUT2D eigenvalue weighted by Gasteiger charge is -2.19. The predicted molar refractivity (Wildman–Crippen MR) is 83.6 cm³/mol. The molecule has 0 bridgehead atoms. The zero-order valence-corrected chi connectivity index (χ0v) is 13.5. The van der Waals surface area contributed by atoms with E-state index in [0.717, 1.165) is 18.2 Å². The molecule has 0 saturated carbocycles. The zero-order valence-electron chi connectivity index (χ0n) is 11.9. The van der Waals surface area contributed by atoms with E-state index in [-0.39, 0.29) is 18.1 Å². The summed E-state index contributed by atoms with van der Waals surface area (Å²) in [6.45, 7) is 0.682. The predicted octanol–water partition coefficient (Wildman–Crippen LogP) is 4.31. The van der Waals surface area contributed by atoms with E-state index in [9.17, 15) is 18.0 Å². The number of benzene rings is 2. The minimum Gasteiger partial charge on any atom is -0.318 e. The van der Waals surface area contributed by atoms with Crippen molar-refractivity contribution in [2.45, 2.75) is 6.54 Å². The standard InChI is InChI=1S/C16H12BrF3N2O/c17-13-3-2-12(8-15(13)20)22-6-5-21(16(22)23)9-10-7-11(18)1-4-14(10)19/h1-4,7-8H,5-6,9H2. The van der Waals surface area contributed by atoms with Crippen LogP contribution in [0, 0.1) is 17.5 Å². The number of rotatable bonds is 3.